The Labute approximate surface area is 150 Å². The second-order valence-electron chi connectivity index (χ2n) is 6.21. The molecule has 1 atom stereocenters. The molecule has 0 aliphatic carbocycles. The predicted molar refractivity (Wildman–Crippen MR) is 99.0 cm³/mol. The first-order chi connectivity index (χ1) is 12.6. The minimum absolute atomic E-state index is 0.309. The number of nitrogens with one attached hydrogen (secondary N) is 1. The van der Waals surface area contributed by atoms with Gasteiger partial charge in [0.25, 0.3) is 0 Å². The van der Waals surface area contributed by atoms with Gasteiger partial charge in [0, 0.05) is 18.9 Å². The largest absolute Gasteiger partial charge is 0.384 e. The van der Waals surface area contributed by atoms with Gasteiger partial charge in [-0.25, -0.2) is 14.6 Å². The summed E-state index contributed by atoms with van der Waals surface area (Å²) in [5.41, 5.74) is 1.37. The lowest BCUT2D eigenvalue weighted by Crippen LogP contribution is -2.31. The third-order valence-corrected chi connectivity index (χ3v) is 4.27. The minimum atomic E-state index is -1.03. The Morgan fingerprint density at radius 1 is 1.08 bits per heavy atom. The van der Waals surface area contributed by atoms with Gasteiger partial charge >= 0.3 is 0 Å². The van der Waals surface area contributed by atoms with E-state index in [2.05, 4.69) is 25.4 Å². The van der Waals surface area contributed by atoms with Gasteiger partial charge in [-0.3, -0.25) is 4.98 Å². The maximum absolute atomic E-state index is 10.8. The Morgan fingerprint density at radius 3 is 2.62 bits per heavy atom. The summed E-state index contributed by atoms with van der Waals surface area (Å²) in [5.74, 6) is 0.631. The van der Waals surface area contributed by atoms with Crippen molar-refractivity contribution in [2.45, 2.75) is 12.5 Å². The average Bonchev–Trinajstić information content (AvgIpc) is 3.12. The molecule has 2 N–H and O–H groups in total. The van der Waals surface area contributed by atoms with E-state index >= 15 is 0 Å². The number of hydrogen-bond donors (Lipinski definition) is 2. The van der Waals surface area contributed by atoms with E-state index in [1.54, 1.807) is 30.2 Å². The molecule has 3 aromatic heterocycles. The first-order valence-electron chi connectivity index (χ1n) is 8.26. The smallest absolute Gasteiger partial charge is 0.168 e. The van der Waals surface area contributed by atoms with E-state index in [4.69, 9.17) is 0 Å². The van der Waals surface area contributed by atoms with Gasteiger partial charge in [0.2, 0.25) is 0 Å². The molecular formula is C19H18N6O. The van der Waals surface area contributed by atoms with Crippen LogP contribution in [-0.2, 0) is 5.60 Å². The quantitative estimate of drug-likeness (QED) is 0.577. The molecule has 4 aromatic rings. The van der Waals surface area contributed by atoms with Crippen molar-refractivity contribution in [1.82, 2.24) is 24.7 Å². The standard InChI is InChI=1S/C19H18N6O/c1-19(26,14-5-3-2-4-6-14)12-21-17-16-11-24-25(18(16)23-13-22-17)15-7-9-20-10-8-15/h2-11,13,26H,12H2,1H3,(H,21,22,23). The van der Waals surface area contributed by atoms with Gasteiger partial charge in [-0.15, -0.1) is 0 Å². The molecule has 0 saturated heterocycles. The number of nitrogens with zero attached hydrogens (tertiary/aromatic N) is 5. The SMILES string of the molecule is CC(O)(CNc1ncnc2c1cnn2-c1ccncc1)c1ccccc1. The maximum atomic E-state index is 10.8. The lowest BCUT2D eigenvalue weighted by molar-refractivity contribution is 0.0715. The number of fused-ring (bicyclic) bond motifs is 1. The molecule has 4 rings (SSSR count). The van der Waals surface area contributed by atoms with Crippen LogP contribution in [0.15, 0.2) is 67.4 Å². The molecule has 0 aliphatic rings. The molecule has 3 heterocycles. The van der Waals surface area contributed by atoms with Crippen molar-refractivity contribution < 1.29 is 5.11 Å². The zero-order valence-electron chi connectivity index (χ0n) is 14.2. The van der Waals surface area contributed by atoms with Crippen LogP contribution in [0.1, 0.15) is 12.5 Å². The minimum Gasteiger partial charge on any atom is -0.384 e. The van der Waals surface area contributed by atoms with Gasteiger partial charge in [0.15, 0.2) is 5.65 Å². The van der Waals surface area contributed by atoms with Crippen LogP contribution in [0.2, 0.25) is 0 Å². The molecule has 26 heavy (non-hydrogen) atoms. The number of hydrogen-bond acceptors (Lipinski definition) is 6. The summed E-state index contributed by atoms with van der Waals surface area (Å²) in [6.07, 6.45) is 6.62. The number of anilines is 1. The second-order valence-corrected chi connectivity index (χ2v) is 6.21. The number of aromatic nitrogens is 5. The molecule has 0 fully saturated rings. The zero-order valence-corrected chi connectivity index (χ0v) is 14.2. The molecule has 7 heteroatoms. The summed E-state index contributed by atoms with van der Waals surface area (Å²) in [7, 11) is 0. The highest BCUT2D eigenvalue weighted by atomic mass is 16.3. The molecule has 0 bridgehead atoms. The number of aliphatic hydroxyl groups is 1. The first-order valence-corrected chi connectivity index (χ1v) is 8.26. The Hall–Kier alpha value is -3.32. The van der Waals surface area contributed by atoms with Gasteiger partial charge in [0.05, 0.1) is 17.3 Å². The van der Waals surface area contributed by atoms with E-state index in [9.17, 15) is 5.11 Å². The van der Waals surface area contributed by atoms with Crippen molar-refractivity contribution in [2.75, 3.05) is 11.9 Å². The van der Waals surface area contributed by atoms with Gasteiger partial charge in [-0.2, -0.15) is 5.10 Å². The summed E-state index contributed by atoms with van der Waals surface area (Å²) in [6.45, 7) is 2.08. The van der Waals surface area contributed by atoms with Crippen LogP contribution in [0.4, 0.5) is 5.82 Å². The lowest BCUT2D eigenvalue weighted by atomic mass is 9.96. The van der Waals surface area contributed by atoms with Crippen molar-refractivity contribution >= 4 is 16.9 Å². The van der Waals surface area contributed by atoms with E-state index in [0.717, 1.165) is 16.6 Å². The molecular weight excluding hydrogens is 328 g/mol. The summed E-state index contributed by atoms with van der Waals surface area (Å²) in [6, 6.07) is 13.3. The molecule has 0 aliphatic heterocycles. The molecule has 0 spiro atoms. The van der Waals surface area contributed by atoms with Crippen LogP contribution >= 0.6 is 0 Å². The van der Waals surface area contributed by atoms with E-state index in [0.29, 0.717) is 18.0 Å². The third kappa shape index (κ3) is 3.00. The van der Waals surface area contributed by atoms with Crippen LogP contribution in [0, 0.1) is 0 Å². The zero-order chi connectivity index (χ0) is 18.0. The highest BCUT2D eigenvalue weighted by Crippen LogP contribution is 2.24. The van der Waals surface area contributed by atoms with Crippen molar-refractivity contribution in [3.8, 4) is 5.69 Å². The van der Waals surface area contributed by atoms with E-state index < -0.39 is 5.60 Å². The molecule has 0 saturated carbocycles. The fraction of sp³-hybridized carbons (Fsp3) is 0.158. The van der Waals surface area contributed by atoms with Crippen LogP contribution in [0.5, 0.6) is 0 Å². The summed E-state index contributed by atoms with van der Waals surface area (Å²) >= 11 is 0. The van der Waals surface area contributed by atoms with Crippen molar-refractivity contribution in [3.63, 3.8) is 0 Å². The van der Waals surface area contributed by atoms with Gasteiger partial charge < -0.3 is 10.4 Å². The molecule has 0 amide bonds. The summed E-state index contributed by atoms with van der Waals surface area (Å²) in [4.78, 5) is 12.7. The van der Waals surface area contributed by atoms with Gasteiger partial charge in [-0.05, 0) is 24.6 Å². The topological polar surface area (TPSA) is 88.8 Å². The Kier molecular flexibility index (Phi) is 4.06. The Balaban J connectivity index is 1.63. The average molecular weight is 346 g/mol. The van der Waals surface area contributed by atoms with Crippen molar-refractivity contribution in [1.29, 1.82) is 0 Å². The highest BCUT2D eigenvalue weighted by Gasteiger charge is 2.23. The van der Waals surface area contributed by atoms with E-state index in [1.807, 2.05) is 42.5 Å². The molecule has 1 aromatic carbocycles. The molecule has 130 valence electrons. The van der Waals surface area contributed by atoms with Gasteiger partial charge in [-0.1, -0.05) is 30.3 Å². The molecule has 1 unspecified atom stereocenters. The fourth-order valence-corrected chi connectivity index (χ4v) is 2.81. The number of pyridine rings is 1. The third-order valence-electron chi connectivity index (χ3n) is 4.27. The summed E-state index contributed by atoms with van der Waals surface area (Å²) in [5, 5.41) is 19.2. The molecule has 0 radical (unpaired) electrons. The summed E-state index contributed by atoms with van der Waals surface area (Å²) < 4.78 is 1.74. The lowest BCUT2D eigenvalue weighted by Gasteiger charge is -2.24. The van der Waals surface area contributed by atoms with Crippen LogP contribution in [-0.4, -0.2) is 36.4 Å². The van der Waals surface area contributed by atoms with Crippen molar-refractivity contribution in [2.24, 2.45) is 0 Å². The monoisotopic (exact) mass is 346 g/mol. The predicted octanol–water partition coefficient (Wildman–Crippen LogP) is 2.53. The second kappa shape index (κ2) is 6.53. The number of benzene rings is 1. The maximum Gasteiger partial charge on any atom is 0.168 e. The first kappa shape index (κ1) is 16.2. The van der Waals surface area contributed by atoms with Crippen LogP contribution in [0.3, 0.4) is 0 Å². The van der Waals surface area contributed by atoms with Crippen molar-refractivity contribution in [3.05, 3.63) is 72.9 Å². The van der Waals surface area contributed by atoms with Gasteiger partial charge in [0.1, 0.15) is 17.7 Å². The Morgan fingerprint density at radius 2 is 1.85 bits per heavy atom. The van der Waals surface area contributed by atoms with E-state index in [-0.39, 0.29) is 0 Å². The number of rotatable bonds is 5. The van der Waals surface area contributed by atoms with Crippen LogP contribution < -0.4 is 5.32 Å². The molecule has 7 nitrogen and oxygen atoms in total. The van der Waals surface area contributed by atoms with Crippen LogP contribution in [0.25, 0.3) is 16.7 Å². The highest BCUT2D eigenvalue weighted by molar-refractivity contribution is 5.87. The Bertz CT molecular complexity index is 1010. The normalized spacial score (nSPS) is 13.5. The van der Waals surface area contributed by atoms with E-state index in [1.165, 1.54) is 6.33 Å². The fourth-order valence-electron chi connectivity index (χ4n) is 2.81.